The van der Waals surface area contributed by atoms with E-state index in [0.29, 0.717) is 19.3 Å². The third-order valence-corrected chi connectivity index (χ3v) is 5.77. The van der Waals surface area contributed by atoms with Gasteiger partial charge in [-0.3, -0.25) is 4.79 Å². The van der Waals surface area contributed by atoms with Crippen LogP contribution in [0, 0.1) is 11.7 Å². The minimum atomic E-state index is -3.17. The van der Waals surface area contributed by atoms with Crippen LogP contribution in [0.3, 0.4) is 0 Å². The summed E-state index contributed by atoms with van der Waals surface area (Å²) in [6, 6.07) is 4.10. The van der Waals surface area contributed by atoms with Crippen molar-refractivity contribution in [2.75, 3.05) is 6.26 Å². The van der Waals surface area contributed by atoms with E-state index in [9.17, 15) is 17.6 Å². The molecular formula is C14H16ClFO3S. The van der Waals surface area contributed by atoms with E-state index in [1.807, 2.05) is 0 Å². The van der Waals surface area contributed by atoms with Crippen LogP contribution < -0.4 is 0 Å². The summed E-state index contributed by atoms with van der Waals surface area (Å²) < 4.78 is 37.0. The Hall–Kier alpha value is -0.940. The number of rotatable bonds is 3. The lowest BCUT2D eigenvalue weighted by Gasteiger charge is -2.27. The third-order valence-electron chi connectivity index (χ3n) is 3.81. The molecule has 0 radical (unpaired) electrons. The van der Waals surface area contributed by atoms with Gasteiger partial charge in [0.2, 0.25) is 0 Å². The van der Waals surface area contributed by atoms with Crippen molar-refractivity contribution in [2.45, 2.75) is 30.9 Å². The standard InChI is InChI=1S/C14H16ClFO3S/c1-20(18,19)10-5-2-4-9(8-10)14(17)13-11(15)6-3-7-12(13)16/h3,6-7,9-10H,2,4-5,8H2,1H3. The van der Waals surface area contributed by atoms with Crippen LogP contribution >= 0.6 is 11.6 Å². The molecule has 0 spiro atoms. The molecule has 6 heteroatoms. The molecule has 2 rings (SSSR count). The summed E-state index contributed by atoms with van der Waals surface area (Å²) >= 11 is 5.89. The van der Waals surface area contributed by atoms with Crippen LogP contribution in [-0.2, 0) is 9.84 Å². The molecule has 2 unspecified atom stereocenters. The predicted molar refractivity (Wildman–Crippen MR) is 76.3 cm³/mol. The minimum absolute atomic E-state index is 0.0801. The first-order chi connectivity index (χ1) is 9.30. The van der Waals surface area contributed by atoms with Gasteiger partial charge in [-0.05, 0) is 31.4 Å². The number of carbonyl (C=O) groups excluding carboxylic acids is 1. The summed E-state index contributed by atoms with van der Waals surface area (Å²) in [5.41, 5.74) is -0.117. The first kappa shape index (κ1) is 15.4. The molecule has 0 bridgehead atoms. The average molecular weight is 319 g/mol. The maximum absolute atomic E-state index is 13.8. The van der Waals surface area contributed by atoms with Crippen LogP contribution in [0.15, 0.2) is 18.2 Å². The van der Waals surface area contributed by atoms with Gasteiger partial charge in [-0.15, -0.1) is 0 Å². The fraction of sp³-hybridized carbons (Fsp3) is 0.500. The minimum Gasteiger partial charge on any atom is -0.294 e. The van der Waals surface area contributed by atoms with Gasteiger partial charge in [-0.25, -0.2) is 12.8 Å². The van der Waals surface area contributed by atoms with E-state index in [2.05, 4.69) is 0 Å². The summed E-state index contributed by atoms with van der Waals surface area (Å²) in [6.07, 6.45) is 3.23. The van der Waals surface area contributed by atoms with Gasteiger partial charge in [0.1, 0.15) is 15.7 Å². The van der Waals surface area contributed by atoms with E-state index in [-0.39, 0.29) is 22.8 Å². The van der Waals surface area contributed by atoms with E-state index >= 15 is 0 Å². The zero-order valence-corrected chi connectivity index (χ0v) is 12.7. The van der Waals surface area contributed by atoms with Gasteiger partial charge >= 0.3 is 0 Å². The largest absolute Gasteiger partial charge is 0.294 e. The summed E-state index contributed by atoms with van der Waals surface area (Å²) in [4.78, 5) is 12.4. The van der Waals surface area contributed by atoms with E-state index in [0.717, 1.165) is 0 Å². The van der Waals surface area contributed by atoms with Crippen molar-refractivity contribution in [1.82, 2.24) is 0 Å². The molecule has 3 nitrogen and oxygen atoms in total. The van der Waals surface area contributed by atoms with Crippen molar-refractivity contribution in [3.05, 3.63) is 34.6 Å². The van der Waals surface area contributed by atoms with Crippen LogP contribution in [0.25, 0.3) is 0 Å². The maximum Gasteiger partial charge on any atom is 0.170 e. The fourth-order valence-corrected chi connectivity index (χ4v) is 4.14. The average Bonchev–Trinajstić information content (AvgIpc) is 2.37. The van der Waals surface area contributed by atoms with Crippen molar-refractivity contribution >= 4 is 27.2 Å². The first-order valence-corrected chi connectivity index (χ1v) is 8.81. The highest BCUT2D eigenvalue weighted by Crippen LogP contribution is 2.33. The topological polar surface area (TPSA) is 51.2 Å². The molecule has 2 atom stereocenters. The number of benzene rings is 1. The van der Waals surface area contributed by atoms with Crippen LogP contribution in [0.4, 0.5) is 4.39 Å². The normalized spacial score (nSPS) is 23.6. The first-order valence-electron chi connectivity index (χ1n) is 6.48. The van der Waals surface area contributed by atoms with Gasteiger partial charge in [0, 0.05) is 12.2 Å². The number of carbonyl (C=O) groups is 1. The molecule has 20 heavy (non-hydrogen) atoms. The van der Waals surface area contributed by atoms with Gasteiger partial charge in [0.05, 0.1) is 15.8 Å². The molecule has 110 valence electrons. The molecule has 1 aliphatic rings. The predicted octanol–water partition coefficient (Wildman–Crippen LogP) is 3.27. The van der Waals surface area contributed by atoms with Crippen molar-refractivity contribution in [3.8, 4) is 0 Å². The van der Waals surface area contributed by atoms with Gasteiger partial charge < -0.3 is 0 Å². The molecule has 1 aromatic rings. The highest BCUT2D eigenvalue weighted by molar-refractivity contribution is 7.91. The quantitative estimate of drug-likeness (QED) is 0.804. The Morgan fingerprint density at radius 2 is 2.05 bits per heavy atom. The molecule has 0 heterocycles. The van der Waals surface area contributed by atoms with Crippen molar-refractivity contribution in [1.29, 1.82) is 0 Å². The zero-order chi connectivity index (χ0) is 14.9. The molecule has 0 aliphatic heterocycles. The van der Waals surface area contributed by atoms with Crippen LogP contribution in [0.2, 0.25) is 5.02 Å². The van der Waals surface area contributed by atoms with E-state index < -0.39 is 26.8 Å². The second-order valence-corrected chi connectivity index (χ2v) is 8.01. The van der Waals surface area contributed by atoms with Gasteiger partial charge in [-0.2, -0.15) is 0 Å². The Labute approximate surface area is 123 Å². The molecule has 1 aromatic carbocycles. The lowest BCUT2D eigenvalue weighted by molar-refractivity contribution is 0.0887. The molecule has 0 N–H and O–H groups in total. The van der Waals surface area contributed by atoms with Crippen molar-refractivity contribution < 1.29 is 17.6 Å². The third kappa shape index (κ3) is 3.20. The van der Waals surface area contributed by atoms with Gasteiger partial charge in [0.15, 0.2) is 5.78 Å². The fourth-order valence-electron chi connectivity index (χ4n) is 2.71. The highest BCUT2D eigenvalue weighted by atomic mass is 35.5. The maximum atomic E-state index is 13.8. The molecule has 0 aromatic heterocycles. The Morgan fingerprint density at radius 1 is 1.35 bits per heavy atom. The second kappa shape index (κ2) is 5.82. The van der Waals surface area contributed by atoms with E-state index in [4.69, 9.17) is 11.6 Å². The van der Waals surface area contributed by atoms with Crippen molar-refractivity contribution in [3.63, 3.8) is 0 Å². The molecule has 1 aliphatic carbocycles. The number of hydrogen-bond acceptors (Lipinski definition) is 3. The smallest absolute Gasteiger partial charge is 0.170 e. The number of Topliss-reactive ketones (excluding diaryl/α,β-unsaturated/α-hetero) is 1. The van der Waals surface area contributed by atoms with Crippen LogP contribution in [0.1, 0.15) is 36.0 Å². The summed E-state index contributed by atoms with van der Waals surface area (Å²) in [6.45, 7) is 0. The molecule has 1 fully saturated rings. The van der Waals surface area contributed by atoms with Crippen LogP contribution in [0.5, 0.6) is 0 Å². The Morgan fingerprint density at radius 3 is 2.65 bits per heavy atom. The molecular weight excluding hydrogens is 303 g/mol. The monoisotopic (exact) mass is 318 g/mol. The molecule has 0 amide bonds. The van der Waals surface area contributed by atoms with Gasteiger partial charge in [0.25, 0.3) is 0 Å². The van der Waals surface area contributed by atoms with Gasteiger partial charge in [-0.1, -0.05) is 24.1 Å². The second-order valence-electron chi connectivity index (χ2n) is 5.28. The summed E-state index contributed by atoms with van der Waals surface area (Å²) in [5.74, 6) is -1.51. The summed E-state index contributed by atoms with van der Waals surface area (Å²) in [7, 11) is -3.17. The van der Waals surface area contributed by atoms with Crippen LogP contribution in [-0.4, -0.2) is 25.7 Å². The number of ketones is 1. The van der Waals surface area contributed by atoms with Crippen molar-refractivity contribution in [2.24, 2.45) is 5.92 Å². The SMILES string of the molecule is CS(=O)(=O)C1CCCC(C(=O)c2c(F)cccc2Cl)C1. The summed E-state index contributed by atoms with van der Waals surface area (Å²) in [5, 5.41) is -0.438. The number of halogens is 2. The molecule has 1 saturated carbocycles. The number of hydrogen-bond donors (Lipinski definition) is 0. The number of sulfone groups is 1. The van der Waals surface area contributed by atoms with E-state index in [1.54, 1.807) is 0 Å². The zero-order valence-electron chi connectivity index (χ0n) is 11.1. The highest BCUT2D eigenvalue weighted by Gasteiger charge is 2.34. The Bertz CT molecular complexity index is 607. The lowest BCUT2D eigenvalue weighted by atomic mass is 9.83. The molecule has 0 saturated heterocycles. The Kier molecular flexibility index (Phi) is 4.49. The lowest BCUT2D eigenvalue weighted by Crippen LogP contribution is -2.31. The Balaban J connectivity index is 2.26. The van der Waals surface area contributed by atoms with E-state index in [1.165, 1.54) is 24.5 Å².